The van der Waals surface area contributed by atoms with Gasteiger partial charge in [-0.05, 0) is 31.0 Å². The highest BCUT2D eigenvalue weighted by molar-refractivity contribution is 5.97. The van der Waals surface area contributed by atoms with Crippen LogP contribution in [0.5, 0.6) is 0 Å². The third kappa shape index (κ3) is 4.00. The Labute approximate surface area is 142 Å². The Morgan fingerprint density at radius 2 is 2.00 bits per heavy atom. The molecule has 1 fully saturated rings. The van der Waals surface area contributed by atoms with Crippen LogP contribution in [-0.2, 0) is 7.05 Å². The van der Waals surface area contributed by atoms with Gasteiger partial charge in [-0.15, -0.1) is 17.5 Å². The number of aryl methyl sites for hydroxylation is 1. The molecule has 2 aromatic rings. The number of aromatic nitrogens is 3. The number of nitrogens with one attached hydrogen (secondary N) is 1. The van der Waals surface area contributed by atoms with Crippen LogP contribution in [0.2, 0.25) is 0 Å². The predicted octanol–water partition coefficient (Wildman–Crippen LogP) is 2.17. The quantitative estimate of drug-likeness (QED) is 0.840. The Kier molecular flexibility index (Phi) is 5.59. The second-order valence-electron chi connectivity index (χ2n) is 6.38. The molecule has 0 saturated heterocycles. The molecule has 1 aliphatic rings. The van der Waals surface area contributed by atoms with Gasteiger partial charge in [-0.25, -0.2) is 4.68 Å². The van der Waals surface area contributed by atoms with Gasteiger partial charge in [-0.2, -0.15) is 0 Å². The lowest BCUT2D eigenvalue weighted by atomic mass is 9.91. The summed E-state index contributed by atoms with van der Waals surface area (Å²) in [6.07, 6.45) is 6.76. The fraction of sp³-hybridized carbons (Fsp3) is 0.562. The van der Waals surface area contributed by atoms with Crippen molar-refractivity contribution in [2.75, 3.05) is 6.54 Å². The van der Waals surface area contributed by atoms with Crippen LogP contribution in [0.4, 0.5) is 0 Å². The Morgan fingerprint density at radius 1 is 1.30 bits per heavy atom. The first kappa shape index (κ1) is 17.7. The molecule has 6 nitrogen and oxygen atoms in total. The maximum atomic E-state index is 12.3. The fourth-order valence-electron chi connectivity index (χ4n) is 3.15. The van der Waals surface area contributed by atoms with Crippen LogP contribution in [0.25, 0.3) is 11.0 Å². The normalized spacial score (nSPS) is 17.3. The van der Waals surface area contributed by atoms with Crippen molar-refractivity contribution in [3.63, 3.8) is 0 Å². The summed E-state index contributed by atoms with van der Waals surface area (Å²) in [5.74, 6) is -0.0957. The molecular weight excluding hydrogens is 314 g/mol. The minimum Gasteiger partial charge on any atom is -0.350 e. The molecule has 1 saturated carbocycles. The third-order valence-corrected chi connectivity index (χ3v) is 4.57. The molecular formula is C16H24ClN5O. The molecule has 1 heterocycles. The molecule has 0 radical (unpaired) electrons. The van der Waals surface area contributed by atoms with Crippen molar-refractivity contribution in [3.05, 3.63) is 23.8 Å². The van der Waals surface area contributed by atoms with Gasteiger partial charge >= 0.3 is 0 Å². The Hall–Kier alpha value is -1.66. The summed E-state index contributed by atoms with van der Waals surface area (Å²) in [5.41, 5.74) is 8.42. The Balaban J connectivity index is 0.00000192. The van der Waals surface area contributed by atoms with E-state index in [-0.39, 0.29) is 23.9 Å². The number of amides is 1. The molecule has 0 aliphatic heterocycles. The van der Waals surface area contributed by atoms with Gasteiger partial charge in [0.1, 0.15) is 5.52 Å². The van der Waals surface area contributed by atoms with Gasteiger partial charge < -0.3 is 11.1 Å². The number of nitrogens with zero attached hydrogens (tertiary/aromatic N) is 3. The van der Waals surface area contributed by atoms with Crippen LogP contribution < -0.4 is 11.1 Å². The first-order chi connectivity index (χ1) is 10.6. The molecule has 23 heavy (non-hydrogen) atoms. The van der Waals surface area contributed by atoms with Crippen LogP contribution in [0.15, 0.2) is 18.2 Å². The maximum absolute atomic E-state index is 12.3. The van der Waals surface area contributed by atoms with Crippen LogP contribution in [0.1, 0.15) is 48.9 Å². The molecule has 1 aromatic carbocycles. The summed E-state index contributed by atoms with van der Waals surface area (Å²) in [6.45, 7) is 0.532. The van der Waals surface area contributed by atoms with Crippen LogP contribution in [0.3, 0.4) is 0 Å². The van der Waals surface area contributed by atoms with Gasteiger partial charge in [0.15, 0.2) is 0 Å². The lowest BCUT2D eigenvalue weighted by Gasteiger charge is -2.28. The average Bonchev–Trinajstić information content (AvgIpc) is 2.75. The smallest absolute Gasteiger partial charge is 0.251 e. The molecule has 0 atom stereocenters. The number of nitrogens with two attached hydrogens (primary N) is 1. The van der Waals surface area contributed by atoms with Gasteiger partial charge in [-0.1, -0.05) is 30.9 Å². The Morgan fingerprint density at radius 3 is 2.70 bits per heavy atom. The molecule has 1 aromatic heterocycles. The number of halogens is 1. The zero-order valence-electron chi connectivity index (χ0n) is 13.4. The first-order valence-corrected chi connectivity index (χ1v) is 7.94. The predicted molar refractivity (Wildman–Crippen MR) is 92.7 cm³/mol. The van der Waals surface area contributed by atoms with E-state index >= 15 is 0 Å². The summed E-state index contributed by atoms with van der Waals surface area (Å²) in [4.78, 5) is 12.3. The van der Waals surface area contributed by atoms with E-state index in [1.54, 1.807) is 16.8 Å². The maximum Gasteiger partial charge on any atom is 0.251 e. The summed E-state index contributed by atoms with van der Waals surface area (Å²) in [6, 6.07) is 5.44. The van der Waals surface area contributed by atoms with Crippen molar-refractivity contribution in [1.29, 1.82) is 0 Å². The third-order valence-electron chi connectivity index (χ3n) is 4.57. The van der Waals surface area contributed by atoms with Crippen molar-refractivity contribution >= 4 is 29.3 Å². The molecule has 3 rings (SSSR count). The first-order valence-electron chi connectivity index (χ1n) is 7.94. The summed E-state index contributed by atoms with van der Waals surface area (Å²) in [7, 11) is 1.83. The van der Waals surface area contributed by atoms with Crippen molar-refractivity contribution in [2.24, 2.45) is 12.8 Å². The molecule has 7 heteroatoms. The zero-order valence-corrected chi connectivity index (χ0v) is 14.2. The van der Waals surface area contributed by atoms with Crippen molar-refractivity contribution in [2.45, 2.75) is 44.1 Å². The second kappa shape index (κ2) is 7.27. The largest absolute Gasteiger partial charge is 0.350 e. The van der Waals surface area contributed by atoms with E-state index in [1.807, 2.05) is 13.1 Å². The van der Waals surface area contributed by atoms with Gasteiger partial charge in [0.2, 0.25) is 0 Å². The topological polar surface area (TPSA) is 85.8 Å². The van der Waals surface area contributed by atoms with Crippen molar-refractivity contribution in [3.8, 4) is 0 Å². The highest BCUT2D eigenvalue weighted by Gasteiger charge is 2.26. The lowest BCUT2D eigenvalue weighted by molar-refractivity contribution is 0.0941. The van der Waals surface area contributed by atoms with Crippen molar-refractivity contribution < 1.29 is 4.79 Å². The molecule has 126 valence electrons. The van der Waals surface area contributed by atoms with Gasteiger partial charge in [0.05, 0.1) is 5.52 Å². The highest BCUT2D eigenvalue weighted by atomic mass is 35.5. The van der Waals surface area contributed by atoms with E-state index in [0.29, 0.717) is 12.1 Å². The second-order valence-corrected chi connectivity index (χ2v) is 6.38. The number of hydrogen-bond donors (Lipinski definition) is 2. The minimum atomic E-state index is -0.261. The van der Waals surface area contributed by atoms with Crippen LogP contribution in [0, 0.1) is 0 Å². The van der Waals surface area contributed by atoms with Gasteiger partial charge in [0.25, 0.3) is 5.91 Å². The SMILES string of the molecule is Cl.Cn1nnc2cc(C(=O)NCC3(N)CCCCCC3)ccc21. The number of carbonyl (C=O) groups excluding carboxylic acids is 1. The van der Waals surface area contributed by atoms with Crippen LogP contribution in [-0.4, -0.2) is 33.0 Å². The van der Waals surface area contributed by atoms with E-state index in [1.165, 1.54) is 12.8 Å². The number of rotatable bonds is 3. The number of carbonyl (C=O) groups is 1. The fourth-order valence-corrected chi connectivity index (χ4v) is 3.15. The van der Waals surface area contributed by atoms with E-state index in [0.717, 1.165) is 36.7 Å². The van der Waals surface area contributed by atoms with E-state index in [4.69, 9.17) is 5.73 Å². The summed E-state index contributed by atoms with van der Waals surface area (Å²) < 4.78 is 1.69. The zero-order chi connectivity index (χ0) is 15.6. The number of benzene rings is 1. The van der Waals surface area contributed by atoms with Gasteiger partial charge in [-0.3, -0.25) is 4.79 Å². The van der Waals surface area contributed by atoms with E-state index in [2.05, 4.69) is 15.6 Å². The van der Waals surface area contributed by atoms with E-state index in [9.17, 15) is 4.79 Å². The Bertz CT molecular complexity index is 676. The molecule has 0 spiro atoms. The summed E-state index contributed by atoms with van der Waals surface area (Å²) in [5, 5.41) is 11.0. The summed E-state index contributed by atoms with van der Waals surface area (Å²) >= 11 is 0. The molecule has 3 N–H and O–H groups in total. The monoisotopic (exact) mass is 337 g/mol. The number of fused-ring (bicyclic) bond motifs is 1. The average molecular weight is 338 g/mol. The lowest BCUT2D eigenvalue weighted by Crippen LogP contribution is -2.49. The van der Waals surface area contributed by atoms with E-state index < -0.39 is 0 Å². The number of hydrogen-bond acceptors (Lipinski definition) is 4. The highest BCUT2D eigenvalue weighted by Crippen LogP contribution is 2.24. The standard InChI is InChI=1S/C16H23N5O.ClH/c1-21-14-7-6-12(10-13(14)19-20-21)15(22)18-11-16(17)8-4-2-3-5-9-16;/h6-7,10H,2-5,8-9,11,17H2,1H3,(H,18,22);1H. The van der Waals surface area contributed by atoms with Crippen molar-refractivity contribution in [1.82, 2.24) is 20.3 Å². The van der Waals surface area contributed by atoms with Gasteiger partial charge in [0, 0.05) is 24.7 Å². The molecule has 1 amide bonds. The molecule has 1 aliphatic carbocycles. The minimum absolute atomic E-state index is 0. The van der Waals surface area contributed by atoms with Crippen LogP contribution >= 0.6 is 12.4 Å². The molecule has 0 bridgehead atoms. The molecule has 0 unspecified atom stereocenters.